The van der Waals surface area contributed by atoms with Crippen LogP contribution in [0.5, 0.6) is 5.75 Å². The Kier molecular flexibility index (Phi) is 5.10. The number of rotatable bonds is 6. The van der Waals surface area contributed by atoms with E-state index in [1.165, 1.54) is 42.5 Å². The predicted molar refractivity (Wildman–Crippen MR) is 144 cm³/mol. The molecule has 1 N–H and O–H groups in total. The predicted octanol–water partition coefficient (Wildman–Crippen LogP) is 6.21. The molecule has 4 aliphatic rings. The second kappa shape index (κ2) is 8.16. The Balaban J connectivity index is 1.31. The van der Waals surface area contributed by atoms with E-state index < -0.39 is 6.10 Å². The number of pyridine rings is 1. The Hall–Kier alpha value is -2.69. The van der Waals surface area contributed by atoms with Crippen LogP contribution in [0.25, 0.3) is 17.0 Å². The highest BCUT2D eigenvalue weighted by molar-refractivity contribution is 5.84. The van der Waals surface area contributed by atoms with Gasteiger partial charge in [-0.25, -0.2) is 0 Å². The summed E-state index contributed by atoms with van der Waals surface area (Å²) in [7, 11) is 1.70. The van der Waals surface area contributed by atoms with E-state index in [4.69, 9.17) is 4.74 Å². The molecule has 2 aliphatic heterocycles. The van der Waals surface area contributed by atoms with Crippen LogP contribution in [0.2, 0.25) is 0 Å². The van der Waals surface area contributed by atoms with Crippen molar-refractivity contribution in [2.45, 2.75) is 70.2 Å². The molecule has 6 unspecified atom stereocenters. The van der Waals surface area contributed by atoms with Crippen LogP contribution < -0.4 is 4.74 Å². The lowest BCUT2D eigenvalue weighted by Gasteiger charge is -2.45. The summed E-state index contributed by atoms with van der Waals surface area (Å²) in [4.78, 5) is 4.59. The normalized spacial score (nSPS) is 32.7. The Morgan fingerprint density at radius 2 is 2.14 bits per heavy atom. The maximum atomic E-state index is 12.2. The maximum Gasteiger partial charge on any atom is 0.146 e. The van der Waals surface area contributed by atoms with E-state index in [0.29, 0.717) is 11.5 Å². The number of ether oxygens (including phenoxy) is 1. The molecule has 6 atom stereocenters. The first-order chi connectivity index (χ1) is 17.6. The molecule has 2 aromatic carbocycles. The summed E-state index contributed by atoms with van der Waals surface area (Å²) in [6.45, 7) is 4.63. The summed E-state index contributed by atoms with van der Waals surface area (Å²) in [5, 5.41) is 13.2. The summed E-state index contributed by atoms with van der Waals surface area (Å²) in [6.07, 6.45) is 13.3. The van der Waals surface area contributed by atoms with Gasteiger partial charge in [0.1, 0.15) is 37.0 Å². The van der Waals surface area contributed by atoms with Crippen molar-refractivity contribution in [3.05, 3.63) is 77.0 Å². The molecule has 7 rings (SSSR count). The smallest absolute Gasteiger partial charge is 0.146 e. The van der Waals surface area contributed by atoms with Crippen molar-refractivity contribution < 1.29 is 14.3 Å². The maximum absolute atomic E-state index is 12.2. The third-order valence-electron chi connectivity index (χ3n) is 10.5. The number of benzene rings is 2. The first kappa shape index (κ1) is 22.5. The largest absolute Gasteiger partial charge is 0.497 e. The third-order valence-corrected chi connectivity index (χ3v) is 10.5. The standard InChI is InChI=1S/C32H37N2O2/c1-3-23-13-15-32(23)18-29(31(35)26-14-16-33-28-12-11-24(36-2)17-27(26)28)34(20-30(32)34)19-22-9-6-8-21-7-4-5-10-25(21)22/h4,6-9,11-12,14,16-17,23,29-31,35H,3,5,10,13,15,18-20H2,1-2H3/q+1. The Labute approximate surface area is 214 Å². The van der Waals surface area contributed by atoms with Gasteiger partial charge >= 0.3 is 0 Å². The minimum Gasteiger partial charge on any atom is -0.497 e. The first-order valence-electron chi connectivity index (χ1n) is 13.8. The number of nitrogens with zero attached hydrogens (tertiary/aromatic N) is 2. The number of quaternary nitrogens is 1. The van der Waals surface area contributed by atoms with Crippen molar-refractivity contribution in [1.82, 2.24) is 4.98 Å². The molecule has 186 valence electrons. The van der Waals surface area contributed by atoms with E-state index in [-0.39, 0.29) is 6.04 Å². The molecule has 1 saturated carbocycles. The molecule has 2 aliphatic carbocycles. The number of allylic oxidation sites excluding steroid dienone is 1. The number of aliphatic hydroxyl groups is 1. The Bertz CT molecular complexity index is 1360. The van der Waals surface area contributed by atoms with Gasteiger partial charge in [0.2, 0.25) is 0 Å². The van der Waals surface area contributed by atoms with Crippen molar-refractivity contribution in [2.75, 3.05) is 13.7 Å². The molecule has 2 saturated heterocycles. The van der Waals surface area contributed by atoms with Crippen LogP contribution in [0.15, 0.2) is 54.7 Å². The van der Waals surface area contributed by atoms with Crippen LogP contribution >= 0.6 is 0 Å². The quantitative estimate of drug-likeness (QED) is 0.336. The summed E-state index contributed by atoms with van der Waals surface area (Å²) in [6, 6.07) is 15.8. The topological polar surface area (TPSA) is 42.4 Å². The average molecular weight is 482 g/mol. The lowest BCUT2D eigenvalue weighted by atomic mass is 9.55. The lowest BCUT2D eigenvalue weighted by molar-refractivity contribution is -0.850. The molecule has 3 aromatic rings. The zero-order valence-electron chi connectivity index (χ0n) is 21.5. The summed E-state index contributed by atoms with van der Waals surface area (Å²) in [5.41, 5.74) is 6.77. The van der Waals surface area contributed by atoms with Crippen molar-refractivity contribution in [3.63, 3.8) is 0 Å². The highest BCUT2D eigenvalue weighted by atomic mass is 16.5. The van der Waals surface area contributed by atoms with Crippen LogP contribution in [0, 0.1) is 11.3 Å². The molecule has 1 aromatic heterocycles. The summed E-state index contributed by atoms with van der Waals surface area (Å²) in [5.74, 6) is 1.62. The fraction of sp³-hybridized carbons (Fsp3) is 0.469. The number of piperidine rings is 1. The SMILES string of the molecule is CCC1CCC12CC(C(O)c1ccnc3ccc(OC)cc13)[N+]1(Cc3cccc4c3CCC=C4)CC21. The number of methoxy groups -OCH3 is 1. The molecule has 36 heavy (non-hydrogen) atoms. The number of hydrogen-bond donors (Lipinski definition) is 1. The number of hydrogen-bond acceptors (Lipinski definition) is 3. The molecule has 0 radical (unpaired) electrons. The number of aromatic nitrogens is 1. The number of aliphatic hydroxyl groups excluding tert-OH is 1. The molecule has 0 amide bonds. The minimum absolute atomic E-state index is 0.219. The second-order valence-corrected chi connectivity index (χ2v) is 11.8. The van der Waals surface area contributed by atoms with Gasteiger partial charge in [-0.05, 0) is 72.6 Å². The van der Waals surface area contributed by atoms with E-state index in [1.807, 2.05) is 30.5 Å². The van der Waals surface area contributed by atoms with Crippen LogP contribution in [-0.2, 0) is 13.0 Å². The zero-order valence-corrected chi connectivity index (χ0v) is 21.5. The molecule has 3 fully saturated rings. The minimum atomic E-state index is -0.510. The van der Waals surface area contributed by atoms with Gasteiger partial charge in [-0.1, -0.05) is 43.7 Å². The lowest BCUT2D eigenvalue weighted by Crippen LogP contribution is -2.44. The summed E-state index contributed by atoms with van der Waals surface area (Å²) < 4.78 is 6.59. The van der Waals surface area contributed by atoms with E-state index in [2.05, 4.69) is 42.3 Å². The molecular formula is C32H37N2O2+. The zero-order chi connectivity index (χ0) is 24.5. The molecule has 3 heterocycles. The van der Waals surface area contributed by atoms with Gasteiger partial charge < -0.3 is 14.3 Å². The summed E-state index contributed by atoms with van der Waals surface area (Å²) >= 11 is 0. The van der Waals surface area contributed by atoms with Gasteiger partial charge in [0, 0.05) is 29.0 Å². The van der Waals surface area contributed by atoms with Gasteiger partial charge in [0.05, 0.1) is 12.6 Å². The second-order valence-electron chi connectivity index (χ2n) is 11.8. The van der Waals surface area contributed by atoms with Crippen LogP contribution in [0.3, 0.4) is 0 Å². The molecule has 4 nitrogen and oxygen atoms in total. The number of fused-ring (bicyclic) bond motifs is 4. The van der Waals surface area contributed by atoms with Crippen molar-refractivity contribution in [3.8, 4) is 5.75 Å². The van der Waals surface area contributed by atoms with Gasteiger partial charge in [0.15, 0.2) is 0 Å². The van der Waals surface area contributed by atoms with Crippen molar-refractivity contribution in [1.29, 1.82) is 0 Å². The van der Waals surface area contributed by atoms with Crippen LogP contribution in [0.4, 0.5) is 0 Å². The highest BCUT2D eigenvalue weighted by Gasteiger charge is 2.79. The first-order valence-corrected chi connectivity index (χ1v) is 13.8. The molecule has 4 heteroatoms. The van der Waals surface area contributed by atoms with Gasteiger partial charge in [-0.15, -0.1) is 0 Å². The van der Waals surface area contributed by atoms with E-state index in [1.54, 1.807) is 7.11 Å². The highest BCUT2D eigenvalue weighted by Crippen LogP contribution is 2.70. The fourth-order valence-electron chi connectivity index (χ4n) is 8.52. The van der Waals surface area contributed by atoms with Gasteiger partial charge in [-0.3, -0.25) is 4.98 Å². The van der Waals surface area contributed by atoms with E-state index in [9.17, 15) is 5.11 Å². The van der Waals surface area contributed by atoms with Crippen molar-refractivity contribution >= 4 is 17.0 Å². The van der Waals surface area contributed by atoms with Gasteiger partial charge in [0.25, 0.3) is 0 Å². The molecule has 1 spiro atoms. The Morgan fingerprint density at radius 3 is 2.94 bits per heavy atom. The van der Waals surface area contributed by atoms with E-state index >= 15 is 0 Å². The fourth-order valence-corrected chi connectivity index (χ4v) is 8.52. The third kappa shape index (κ3) is 3.10. The van der Waals surface area contributed by atoms with Crippen LogP contribution in [0.1, 0.15) is 67.4 Å². The van der Waals surface area contributed by atoms with Crippen LogP contribution in [-0.4, -0.2) is 40.3 Å². The molecule has 0 bridgehead atoms. The molecular weight excluding hydrogens is 444 g/mol. The van der Waals surface area contributed by atoms with Crippen molar-refractivity contribution in [2.24, 2.45) is 11.3 Å². The monoisotopic (exact) mass is 481 g/mol. The van der Waals surface area contributed by atoms with E-state index in [0.717, 1.165) is 58.4 Å². The Morgan fingerprint density at radius 1 is 1.22 bits per heavy atom. The average Bonchev–Trinajstić information content (AvgIpc) is 3.55. The van der Waals surface area contributed by atoms with Gasteiger partial charge in [-0.2, -0.15) is 0 Å².